The lowest BCUT2D eigenvalue weighted by Gasteiger charge is -2.11. The molecular weight excluding hydrogens is 553 g/mol. The second-order valence-corrected chi connectivity index (χ2v) is 11.7. The number of carbonyl (C=O) groups is 1. The SMILES string of the molecule is O=C(O)CCc1cn(S(=O)(=O)c2cccc(Oc3ccc(Cl)c(Cl)c3)c2)c2ccc(-c3ccsc3)cc12. The Morgan fingerprint density at radius 2 is 1.76 bits per heavy atom. The first-order valence-electron chi connectivity index (χ1n) is 11.1. The Bertz CT molecular complexity index is 1730. The highest BCUT2D eigenvalue weighted by molar-refractivity contribution is 7.90. The molecule has 5 aromatic rings. The molecule has 0 aliphatic carbocycles. The van der Waals surface area contributed by atoms with Crippen molar-refractivity contribution in [1.82, 2.24) is 3.97 Å². The third-order valence-electron chi connectivity index (χ3n) is 5.80. The lowest BCUT2D eigenvalue weighted by atomic mass is 10.0. The minimum Gasteiger partial charge on any atom is -0.481 e. The van der Waals surface area contributed by atoms with Crippen molar-refractivity contribution >= 4 is 61.4 Å². The van der Waals surface area contributed by atoms with Crippen molar-refractivity contribution in [2.75, 3.05) is 0 Å². The lowest BCUT2D eigenvalue weighted by Crippen LogP contribution is -2.12. The summed E-state index contributed by atoms with van der Waals surface area (Å²) in [4.78, 5) is 11.3. The number of aliphatic carboxylic acids is 1. The summed E-state index contributed by atoms with van der Waals surface area (Å²) in [7, 11) is -4.04. The predicted octanol–water partition coefficient (Wildman–Crippen LogP) is 7.72. The number of ether oxygens (including phenoxy) is 1. The molecule has 37 heavy (non-hydrogen) atoms. The van der Waals surface area contributed by atoms with Gasteiger partial charge in [-0.15, -0.1) is 0 Å². The van der Waals surface area contributed by atoms with Crippen LogP contribution < -0.4 is 4.74 Å². The lowest BCUT2D eigenvalue weighted by molar-refractivity contribution is -0.136. The average molecular weight is 572 g/mol. The van der Waals surface area contributed by atoms with Crippen LogP contribution in [0.2, 0.25) is 10.0 Å². The molecule has 3 aromatic carbocycles. The third-order valence-corrected chi connectivity index (χ3v) is 8.90. The molecule has 10 heteroatoms. The number of benzene rings is 3. The molecule has 0 fully saturated rings. The van der Waals surface area contributed by atoms with Crippen molar-refractivity contribution in [2.45, 2.75) is 17.7 Å². The van der Waals surface area contributed by atoms with Crippen LogP contribution in [-0.4, -0.2) is 23.5 Å². The molecule has 0 saturated carbocycles. The summed E-state index contributed by atoms with van der Waals surface area (Å²) < 4.78 is 34.6. The fraction of sp³-hybridized carbons (Fsp3) is 0.0741. The molecule has 0 saturated heterocycles. The highest BCUT2D eigenvalue weighted by atomic mass is 35.5. The summed E-state index contributed by atoms with van der Waals surface area (Å²) in [5.74, 6) is -0.237. The first kappa shape index (κ1) is 25.4. The van der Waals surface area contributed by atoms with Gasteiger partial charge in [-0.2, -0.15) is 11.3 Å². The Balaban J connectivity index is 1.56. The van der Waals surface area contributed by atoms with Crippen molar-refractivity contribution in [1.29, 1.82) is 0 Å². The molecule has 0 amide bonds. The van der Waals surface area contributed by atoms with E-state index in [1.165, 1.54) is 22.3 Å². The Morgan fingerprint density at radius 3 is 2.49 bits per heavy atom. The van der Waals surface area contributed by atoms with Gasteiger partial charge in [-0.05, 0) is 76.3 Å². The number of rotatable bonds is 8. The number of carboxylic acids is 1. The largest absolute Gasteiger partial charge is 0.481 e. The fourth-order valence-corrected chi connectivity index (χ4v) is 6.38. The standard InChI is InChI=1S/C27H19Cl2NO5S2/c28-24-7-6-21(14-25(24)29)35-20-2-1-3-22(13-20)37(33,34)30-15-18(5-9-27(31)32)23-12-17(4-8-26(23)30)19-10-11-36-16-19/h1-4,6-8,10-16H,5,9H2,(H,31,32). The van der Waals surface area contributed by atoms with E-state index in [-0.39, 0.29) is 17.7 Å². The van der Waals surface area contributed by atoms with Gasteiger partial charge in [0.1, 0.15) is 11.5 Å². The molecule has 1 N–H and O–H groups in total. The van der Waals surface area contributed by atoms with Crippen LogP contribution in [-0.2, 0) is 21.2 Å². The van der Waals surface area contributed by atoms with Gasteiger partial charge in [0.15, 0.2) is 0 Å². The monoisotopic (exact) mass is 571 g/mol. The van der Waals surface area contributed by atoms with Gasteiger partial charge in [-0.1, -0.05) is 35.3 Å². The van der Waals surface area contributed by atoms with Crippen molar-refractivity contribution in [3.05, 3.63) is 99.3 Å². The molecule has 2 aromatic heterocycles. The quantitative estimate of drug-likeness (QED) is 0.206. The fourth-order valence-electron chi connectivity index (χ4n) is 4.00. The number of nitrogens with zero attached hydrogens (tertiary/aromatic N) is 1. The van der Waals surface area contributed by atoms with Gasteiger partial charge in [-0.3, -0.25) is 4.79 Å². The van der Waals surface area contributed by atoms with Crippen LogP contribution in [0.1, 0.15) is 12.0 Å². The molecule has 0 aliphatic rings. The van der Waals surface area contributed by atoms with E-state index in [2.05, 4.69) is 0 Å². The topological polar surface area (TPSA) is 85.6 Å². The first-order chi connectivity index (χ1) is 17.7. The summed E-state index contributed by atoms with van der Waals surface area (Å²) in [5, 5.41) is 14.6. The van der Waals surface area contributed by atoms with Crippen LogP contribution in [0.5, 0.6) is 11.5 Å². The normalized spacial score (nSPS) is 11.6. The predicted molar refractivity (Wildman–Crippen MR) is 147 cm³/mol. The third kappa shape index (κ3) is 5.24. The number of hydrogen-bond donors (Lipinski definition) is 1. The number of hydrogen-bond acceptors (Lipinski definition) is 5. The molecule has 0 unspecified atom stereocenters. The van der Waals surface area contributed by atoms with Crippen LogP contribution in [0.4, 0.5) is 0 Å². The summed E-state index contributed by atoms with van der Waals surface area (Å²) in [5.41, 5.74) is 3.05. The maximum absolute atomic E-state index is 13.8. The molecule has 188 valence electrons. The average Bonchev–Trinajstić information content (AvgIpc) is 3.53. The van der Waals surface area contributed by atoms with E-state index in [0.29, 0.717) is 38.0 Å². The number of fused-ring (bicyclic) bond motifs is 1. The minimum absolute atomic E-state index is 0.0219. The minimum atomic E-state index is -4.04. The molecule has 0 spiro atoms. The van der Waals surface area contributed by atoms with E-state index in [4.69, 9.17) is 27.9 Å². The van der Waals surface area contributed by atoms with Crippen molar-refractivity contribution in [3.63, 3.8) is 0 Å². The summed E-state index contributed by atoms with van der Waals surface area (Å²) in [6.07, 6.45) is 1.59. The Kier molecular flexibility index (Phi) is 7.00. The van der Waals surface area contributed by atoms with E-state index >= 15 is 0 Å². The van der Waals surface area contributed by atoms with Crippen molar-refractivity contribution in [3.8, 4) is 22.6 Å². The van der Waals surface area contributed by atoms with Crippen LogP contribution in [0.3, 0.4) is 0 Å². The summed E-state index contributed by atoms with van der Waals surface area (Å²) in [6.45, 7) is 0. The van der Waals surface area contributed by atoms with Gasteiger partial charge in [-0.25, -0.2) is 12.4 Å². The van der Waals surface area contributed by atoms with Gasteiger partial charge in [0.25, 0.3) is 10.0 Å². The zero-order chi connectivity index (χ0) is 26.2. The van der Waals surface area contributed by atoms with Crippen LogP contribution in [0.25, 0.3) is 22.0 Å². The number of thiophene rings is 1. The van der Waals surface area contributed by atoms with Crippen LogP contribution in [0, 0.1) is 0 Å². The molecule has 6 nitrogen and oxygen atoms in total. The van der Waals surface area contributed by atoms with E-state index in [9.17, 15) is 18.3 Å². The van der Waals surface area contributed by atoms with Gasteiger partial charge < -0.3 is 9.84 Å². The van der Waals surface area contributed by atoms with E-state index in [1.807, 2.05) is 29.0 Å². The van der Waals surface area contributed by atoms with Gasteiger partial charge in [0.05, 0.1) is 20.5 Å². The van der Waals surface area contributed by atoms with E-state index < -0.39 is 16.0 Å². The van der Waals surface area contributed by atoms with Gasteiger partial charge >= 0.3 is 5.97 Å². The first-order valence-corrected chi connectivity index (χ1v) is 14.2. The Labute approximate surface area is 227 Å². The van der Waals surface area contributed by atoms with Crippen molar-refractivity contribution in [2.24, 2.45) is 0 Å². The van der Waals surface area contributed by atoms with Crippen LogP contribution in [0.15, 0.2) is 88.6 Å². The second kappa shape index (κ2) is 10.2. The number of aromatic nitrogens is 1. The summed E-state index contributed by atoms with van der Waals surface area (Å²) >= 11 is 13.6. The number of carboxylic acid groups (broad SMARTS) is 1. The Hall–Kier alpha value is -3.30. The van der Waals surface area contributed by atoms with Crippen LogP contribution >= 0.6 is 34.5 Å². The maximum atomic E-state index is 13.8. The number of halogens is 2. The van der Waals surface area contributed by atoms with Crippen molar-refractivity contribution < 1.29 is 23.1 Å². The number of aryl methyl sites for hydroxylation is 1. The molecular formula is C27H19Cl2NO5S2. The van der Waals surface area contributed by atoms with Gasteiger partial charge in [0.2, 0.25) is 0 Å². The Morgan fingerprint density at radius 1 is 0.946 bits per heavy atom. The van der Waals surface area contributed by atoms with Gasteiger partial charge in [0, 0.05) is 30.1 Å². The second-order valence-electron chi connectivity index (χ2n) is 8.25. The molecule has 0 bridgehead atoms. The van der Waals surface area contributed by atoms with E-state index in [0.717, 1.165) is 11.1 Å². The molecule has 5 rings (SSSR count). The zero-order valence-electron chi connectivity index (χ0n) is 19.1. The summed E-state index contributed by atoms with van der Waals surface area (Å²) in [6, 6.07) is 18.4. The highest BCUT2D eigenvalue weighted by Gasteiger charge is 2.23. The highest BCUT2D eigenvalue weighted by Crippen LogP contribution is 2.34. The molecule has 0 aliphatic heterocycles. The van der Waals surface area contributed by atoms with E-state index in [1.54, 1.807) is 47.7 Å². The smallest absolute Gasteiger partial charge is 0.303 e. The molecule has 0 atom stereocenters. The zero-order valence-corrected chi connectivity index (χ0v) is 22.2. The maximum Gasteiger partial charge on any atom is 0.303 e. The molecule has 2 heterocycles. The molecule has 0 radical (unpaired) electrons.